The number of nitrogens with zero attached hydrogens (tertiary/aromatic N) is 3. The first-order valence-electron chi connectivity index (χ1n) is 12.0. The molecule has 0 atom stereocenters. The molecule has 1 aliphatic carbocycles. The third-order valence-electron chi connectivity index (χ3n) is 6.54. The van der Waals surface area contributed by atoms with E-state index in [1.807, 2.05) is 54.1 Å². The van der Waals surface area contributed by atoms with E-state index in [0.29, 0.717) is 23.5 Å². The van der Waals surface area contributed by atoms with Gasteiger partial charge in [0.2, 0.25) is 0 Å². The molecular formula is C27H29N5O3S. The number of nitro benzene ring substituents is 1. The highest BCUT2D eigenvalue weighted by molar-refractivity contribution is 7.09. The van der Waals surface area contributed by atoms with Crippen molar-refractivity contribution in [2.75, 3.05) is 5.32 Å². The second kappa shape index (κ2) is 11.2. The van der Waals surface area contributed by atoms with Crippen molar-refractivity contribution in [1.29, 1.82) is 5.26 Å². The quantitative estimate of drug-likeness (QED) is 0.169. The van der Waals surface area contributed by atoms with Crippen LogP contribution in [0.4, 0.5) is 11.4 Å². The average molecular weight is 504 g/mol. The minimum absolute atomic E-state index is 0.00446. The molecule has 1 fully saturated rings. The third-order valence-corrected chi connectivity index (χ3v) is 7.42. The van der Waals surface area contributed by atoms with Crippen molar-refractivity contribution in [1.82, 2.24) is 9.88 Å². The summed E-state index contributed by atoms with van der Waals surface area (Å²) in [5, 5.41) is 29.6. The zero-order valence-corrected chi connectivity index (χ0v) is 21.2. The number of hydrogen-bond donors (Lipinski definition) is 2. The van der Waals surface area contributed by atoms with Crippen LogP contribution in [0.15, 0.2) is 47.4 Å². The normalized spacial score (nSPS) is 14.3. The van der Waals surface area contributed by atoms with Crippen LogP contribution >= 0.6 is 11.3 Å². The first-order valence-corrected chi connectivity index (χ1v) is 12.9. The summed E-state index contributed by atoms with van der Waals surface area (Å²) in [6, 6.07) is 13.2. The Balaban J connectivity index is 1.60. The highest BCUT2D eigenvalue weighted by Gasteiger charge is 2.21. The number of benzene rings is 1. The van der Waals surface area contributed by atoms with Gasteiger partial charge in [0.05, 0.1) is 17.2 Å². The maximum absolute atomic E-state index is 12.6. The van der Waals surface area contributed by atoms with Crippen LogP contribution in [0.1, 0.15) is 53.9 Å². The van der Waals surface area contributed by atoms with Crippen LogP contribution in [0, 0.1) is 35.3 Å². The van der Waals surface area contributed by atoms with Crippen LogP contribution in [0.25, 0.3) is 11.8 Å². The molecule has 1 aliphatic rings. The number of carbonyl (C=O) groups is 1. The molecule has 186 valence electrons. The Labute approximate surface area is 214 Å². The number of aryl methyl sites for hydroxylation is 1. The van der Waals surface area contributed by atoms with E-state index >= 15 is 0 Å². The van der Waals surface area contributed by atoms with E-state index in [1.165, 1.54) is 17.8 Å². The molecule has 2 aromatic heterocycles. The fourth-order valence-corrected chi connectivity index (χ4v) is 5.35. The summed E-state index contributed by atoms with van der Waals surface area (Å²) in [5.41, 5.74) is 3.57. The van der Waals surface area contributed by atoms with Gasteiger partial charge in [0.1, 0.15) is 17.3 Å². The molecule has 4 rings (SSSR count). The van der Waals surface area contributed by atoms with Crippen molar-refractivity contribution in [2.45, 2.75) is 58.5 Å². The molecule has 1 aromatic carbocycles. The molecule has 0 unspecified atom stereocenters. The standard InChI is InChI=1S/C27H29N5O3S/c1-18-13-20(14-21(16-28)27(33)29-17-24-9-6-12-36-24)19(2)31(18)23-10-11-25(26(15-23)32(34)35)30-22-7-4-3-5-8-22/h6,9-15,22,30H,3-5,7-8,17H2,1-2H3,(H,29,33)/b21-14+. The number of aromatic nitrogens is 1. The summed E-state index contributed by atoms with van der Waals surface area (Å²) in [6.45, 7) is 4.13. The van der Waals surface area contributed by atoms with Gasteiger partial charge < -0.3 is 15.2 Å². The minimum Gasteiger partial charge on any atom is -0.377 e. The SMILES string of the molecule is Cc1cc(/C=C(\C#N)C(=O)NCc2cccs2)c(C)n1-c1ccc(NC2CCCCC2)c([N+](=O)[O-])c1. The van der Waals surface area contributed by atoms with Gasteiger partial charge >= 0.3 is 0 Å². The largest absolute Gasteiger partial charge is 0.377 e. The fraction of sp³-hybridized carbons (Fsp3) is 0.333. The molecule has 0 radical (unpaired) electrons. The summed E-state index contributed by atoms with van der Waals surface area (Å²) in [7, 11) is 0. The van der Waals surface area contributed by atoms with Crippen LogP contribution in [-0.2, 0) is 11.3 Å². The van der Waals surface area contributed by atoms with E-state index in [-0.39, 0.29) is 22.2 Å². The van der Waals surface area contributed by atoms with Crippen LogP contribution in [0.2, 0.25) is 0 Å². The van der Waals surface area contributed by atoms with E-state index in [4.69, 9.17) is 0 Å². The lowest BCUT2D eigenvalue weighted by Gasteiger charge is -2.24. The fourth-order valence-electron chi connectivity index (χ4n) is 4.71. The van der Waals surface area contributed by atoms with Gasteiger partial charge in [-0.05, 0) is 68.0 Å². The minimum atomic E-state index is -0.440. The van der Waals surface area contributed by atoms with E-state index in [1.54, 1.807) is 18.2 Å². The van der Waals surface area contributed by atoms with E-state index in [9.17, 15) is 20.2 Å². The van der Waals surface area contributed by atoms with Crippen LogP contribution in [0.5, 0.6) is 0 Å². The van der Waals surface area contributed by atoms with Gasteiger partial charge in [-0.2, -0.15) is 5.26 Å². The molecular weight excluding hydrogens is 474 g/mol. The van der Waals surface area contributed by atoms with Crippen LogP contribution in [-0.4, -0.2) is 21.4 Å². The monoisotopic (exact) mass is 503 g/mol. The topological polar surface area (TPSA) is 113 Å². The number of anilines is 1. The van der Waals surface area contributed by atoms with Gasteiger partial charge in [-0.3, -0.25) is 14.9 Å². The molecule has 1 saturated carbocycles. The predicted octanol–water partition coefficient (Wildman–Crippen LogP) is 6.03. The number of nitriles is 1. The van der Waals surface area contributed by atoms with Crippen molar-refractivity contribution in [2.24, 2.45) is 0 Å². The number of nitro groups is 1. The van der Waals surface area contributed by atoms with E-state index < -0.39 is 5.91 Å². The lowest BCUT2D eigenvalue weighted by Crippen LogP contribution is -2.23. The smallest absolute Gasteiger partial charge is 0.294 e. The summed E-state index contributed by atoms with van der Waals surface area (Å²) in [4.78, 5) is 25.1. The first kappa shape index (κ1) is 25.2. The second-order valence-corrected chi connectivity index (χ2v) is 10.1. The summed E-state index contributed by atoms with van der Waals surface area (Å²) < 4.78 is 1.90. The average Bonchev–Trinajstić information content (AvgIpc) is 3.49. The molecule has 3 aromatic rings. The molecule has 1 amide bonds. The van der Waals surface area contributed by atoms with E-state index in [0.717, 1.165) is 41.9 Å². The summed E-state index contributed by atoms with van der Waals surface area (Å²) in [6.07, 6.45) is 7.10. The van der Waals surface area contributed by atoms with Crippen LogP contribution in [0.3, 0.4) is 0 Å². The predicted molar refractivity (Wildman–Crippen MR) is 142 cm³/mol. The van der Waals surface area contributed by atoms with Gasteiger partial charge in [-0.15, -0.1) is 11.3 Å². The van der Waals surface area contributed by atoms with Gasteiger partial charge in [0, 0.05) is 28.4 Å². The molecule has 0 spiro atoms. The maximum atomic E-state index is 12.6. The highest BCUT2D eigenvalue weighted by atomic mass is 32.1. The molecule has 2 N–H and O–H groups in total. The molecule has 0 aliphatic heterocycles. The van der Waals surface area contributed by atoms with Crippen molar-refractivity contribution in [3.05, 3.63) is 79.3 Å². The van der Waals surface area contributed by atoms with E-state index in [2.05, 4.69) is 10.6 Å². The first-order chi connectivity index (χ1) is 17.4. The number of hydrogen-bond acceptors (Lipinski definition) is 6. The van der Waals surface area contributed by atoms with Crippen molar-refractivity contribution in [3.63, 3.8) is 0 Å². The lowest BCUT2D eigenvalue weighted by atomic mass is 9.95. The Morgan fingerprint density at radius 3 is 2.69 bits per heavy atom. The molecule has 2 heterocycles. The highest BCUT2D eigenvalue weighted by Crippen LogP contribution is 2.32. The summed E-state index contributed by atoms with van der Waals surface area (Å²) in [5.74, 6) is -0.440. The van der Waals surface area contributed by atoms with Crippen molar-refractivity contribution in [3.8, 4) is 11.8 Å². The third kappa shape index (κ3) is 5.66. The molecule has 36 heavy (non-hydrogen) atoms. The number of thiophene rings is 1. The summed E-state index contributed by atoms with van der Waals surface area (Å²) >= 11 is 1.53. The number of carbonyl (C=O) groups excluding carboxylic acids is 1. The lowest BCUT2D eigenvalue weighted by molar-refractivity contribution is -0.384. The Morgan fingerprint density at radius 2 is 2.03 bits per heavy atom. The maximum Gasteiger partial charge on any atom is 0.294 e. The molecule has 0 bridgehead atoms. The number of amides is 1. The molecule has 9 heteroatoms. The Hall–Kier alpha value is -3.90. The van der Waals surface area contributed by atoms with Crippen LogP contribution < -0.4 is 10.6 Å². The Morgan fingerprint density at radius 1 is 1.25 bits per heavy atom. The van der Waals surface area contributed by atoms with Gasteiger partial charge in [-0.1, -0.05) is 25.3 Å². The molecule has 8 nitrogen and oxygen atoms in total. The second-order valence-electron chi connectivity index (χ2n) is 9.03. The molecule has 0 saturated heterocycles. The zero-order chi connectivity index (χ0) is 25.7. The zero-order valence-electron chi connectivity index (χ0n) is 20.4. The van der Waals surface area contributed by atoms with Gasteiger partial charge in [0.15, 0.2) is 0 Å². The van der Waals surface area contributed by atoms with Gasteiger partial charge in [-0.25, -0.2) is 0 Å². The van der Waals surface area contributed by atoms with Crippen molar-refractivity contribution < 1.29 is 9.72 Å². The Kier molecular flexibility index (Phi) is 7.86. The number of nitrogens with one attached hydrogen (secondary N) is 2. The van der Waals surface area contributed by atoms with Gasteiger partial charge in [0.25, 0.3) is 11.6 Å². The Bertz CT molecular complexity index is 1330. The number of rotatable bonds is 8. The van der Waals surface area contributed by atoms with Crippen molar-refractivity contribution >= 4 is 34.7 Å².